The predicted molar refractivity (Wildman–Crippen MR) is 58.3 cm³/mol. The molecule has 1 aromatic rings. The van der Waals surface area contributed by atoms with E-state index in [0.29, 0.717) is 0 Å². The molecule has 0 aliphatic rings. The Bertz CT molecular complexity index is 310. The molecule has 13 heavy (non-hydrogen) atoms. The number of halogens is 1. The van der Waals surface area contributed by atoms with Crippen LogP contribution in [0.15, 0.2) is 24.3 Å². The molecule has 0 heterocycles. The molecule has 0 aliphatic heterocycles. The van der Waals surface area contributed by atoms with Gasteiger partial charge in [0.05, 0.1) is 5.69 Å². The third-order valence-corrected chi connectivity index (χ3v) is 1.89. The number of anilines is 1. The van der Waals surface area contributed by atoms with Crippen LogP contribution in [0, 0.1) is 5.82 Å². The van der Waals surface area contributed by atoms with Crippen LogP contribution in [0.4, 0.5) is 10.1 Å². The van der Waals surface area contributed by atoms with Gasteiger partial charge in [-0.1, -0.05) is 18.2 Å². The monoisotopic (exact) mass is 197 g/mol. The smallest absolute Gasteiger partial charge is 0.146 e. The van der Waals surface area contributed by atoms with E-state index < -0.39 is 0 Å². The molecular formula is C10H12FNS. The van der Waals surface area contributed by atoms with Gasteiger partial charge in [0.2, 0.25) is 0 Å². The van der Waals surface area contributed by atoms with Gasteiger partial charge >= 0.3 is 0 Å². The van der Waals surface area contributed by atoms with E-state index in [1.165, 1.54) is 6.07 Å². The van der Waals surface area contributed by atoms with E-state index in [4.69, 9.17) is 5.73 Å². The summed E-state index contributed by atoms with van der Waals surface area (Å²) >= 11 is 4.06. The lowest BCUT2D eigenvalue weighted by Gasteiger charge is -1.97. The molecule has 1 rings (SSSR count). The average Bonchev–Trinajstić information content (AvgIpc) is 2.12. The summed E-state index contributed by atoms with van der Waals surface area (Å²) in [6, 6.07) is 4.77. The van der Waals surface area contributed by atoms with Crippen molar-refractivity contribution in [2.75, 3.05) is 11.5 Å². The maximum absolute atomic E-state index is 12.9. The summed E-state index contributed by atoms with van der Waals surface area (Å²) in [6.07, 6.45) is 4.70. The van der Waals surface area contributed by atoms with Crippen molar-refractivity contribution in [3.63, 3.8) is 0 Å². The number of hydrogen-bond donors (Lipinski definition) is 2. The van der Waals surface area contributed by atoms with Crippen molar-refractivity contribution in [3.05, 3.63) is 35.7 Å². The largest absolute Gasteiger partial charge is 0.396 e. The molecule has 0 aliphatic carbocycles. The first kappa shape index (κ1) is 10.1. The van der Waals surface area contributed by atoms with Gasteiger partial charge in [0.25, 0.3) is 0 Å². The lowest BCUT2D eigenvalue weighted by atomic mass is 10.2. The van der Waals surface area contributed by atoms with E-state index in [9.17, 15) is 4.39 Å². The van der Waals surface area contributed by atoms with Gasteiger partial charge in [-0.05, 0) is 29.9 Å². The third kappa shape index (κ3) is 3.11. The molecule has 1 nitrogen and oxygen atoms in total. The van der Waals surface area contributed by atoms with E-state index in [2.05, 4.69) is 12.6 Å². The van der Waals surface area contributed by atoms with Crippen molar-refractivity contribution in [1.29, 1.82) is 0 Å². The van der Waals surface area contributed by atoms with Crippen molar-refractivity contribution >= 4 is 24.4 Å². The zero-order chi connectivity index (χ0) is 9.68. The minimum Gasteiger partial charge on any atom is -0.396 e. The molecule has 0 atom stereocenters. The first-order valence-corrected chi connectivity index (χ1v) is 4.69. The van der Waals surface area contributed by atoms with Gasteiger partial charge in [-0.3, -0.25) is 0 Å². The SMILES string of the molecule is Nc1ccc(C=CCCS)cc1F. The summed E-state index contributed by atoms with van der Waals surface area (Å²) in [5.41, 5.74) is 6.35. The predicted octanol–water partition coefficient (Wildman–Crippen LogP) is 2.74. The number of allylic oxidation sites excluding steroid dienone is 1. The number of thiol groups is 1. The molecule has 0 fully saturated rings. The normalized spacial score (nSPS) is 10.9. The maximum Gasteiger partial charge on any atom is 0.146 e. The average molecular weight is 197 g/mol. The number of benzene rings is 1. The molecule has 0 aromatic heterocycles. The second-order valence-corrected chi connectivity index (χ2v) is 3.14. The molecule has 0 unspecified atom stereocenters. The fourth-order valence-corrected chi connectivity index (χ4v) is 1.09. The second kappa shape index (κ2) is 4.92. The fourth-order valence-electron chi connectivity index (χ4n) is 0.941. The molecule has 0 spiro atoms. The Kier molecular flexibility index (Phi) is 3.83. The molecule has 0 radical (unpaired) electrons. The van der Waals surface area contributed by atoms with Crippen LogP contribution in [0.2, 0.25) is 0 Å². The van der Waals surface area contributed by atoms with E-state index in [-0.39, 0.29) is 11.5 Å². The van der Waals surface area contributed by atoms with Crippen molar-refractivity contribution in [2.24, 2.45) is 0 Å². The molecule has 3 heteroatoms. The summed E-state index contributed by atoms with van der Waals surface area (Å²) in [7, 11) is 0. The Morgan fingerprint density at radius 3 is 2.85 bits per heavy atom. The molecule has 0 amide bonds. The van der Waals surface area contributed by atoms with Crippen molar-refractivity contribution < 1.29 is 4.39 Å². The first-order valence-electron chi connectivity index (χ1n) is 4.06. The van der Waals surface area contributed by atoms with E-state index in [1.54, 1.807) is 12.1 Å². The summed E-state index contributed by atoms with van der Waals surface area (Å²) < 4.78 is 12.9. The first-order chi connectivity index (χ1) is 6.24. The third-order valence-electron chi connectivity index (χ3n) is 1.63. The zero-order valence-corrected chi connectivity index (χ0v) is 8.10. The Labute approximate surface area is 82.9 Å². The van der Waals surface area contributed by atoms with Gasteiger partial charge < -0.3 is 5.73 Å². The lowest BCUT2D eigenvalue weighted by molar-refractivity contribution is 0.632. The molecule has 0 saturated heterocycles. The fraction of sp³-hybridized carbons (Fsp3) is 0.200. The topological polar surface area (TPSA) is 26.0 Å². The van der Waals surface area contributed by atoms with Crippen LogP contribution >= 0.6 is 12.6 Å². The number of nitrogen functional groups attached to an aromatic ring is 1. The molecule has 2 N–H and O–H groups in total. The summed E-state index contributed by atoms with van der Waals surface area (Å²) in [5.74, 6) is 0.432. The number of rotatable bonds is 3. The standard InChI is InChI=1S/C10H12FNS/c11-9-7-8(3-1-2-6-13)4-5-10(9)12/h1,3-5,7,13H,2,6,12H2. The molecule has 70 valence electrons. The van der Waals surface area contributed by atoms with Crippen molar-refractivity contribution in [3.8, 4) is 0 Å². The van der Waals surface area contributed by atoms with Crippen LogP contribution in [0.25, 0.3) is 6.08 Å². The Balaban J connectivity index is 2.73. The van der Waals surface area contributed by atoms with Crippen LogP contribution in [-0.4, -0.2) is 5.75 Å². The molecular weight excluding hydrogens is 185 g/mol. The lowest BCUT2D eigenvalue weighted by Crippen LogP contribution is -1.89. The highest BCUT2D eigenvalue weighted by atomic mass is 32.1. The zero-order valence-electron chi connectivity index (χ0n) is 7.20. The highest BCUT2D eigenvalue weighted by molar-refractivity contribution is 7.80. The second-order valence-electron chi connectivity index (χ2n) is 2.70. The summed E-state index contributed by atoms with van der Waals surface area (Å²) in [4.78, 5) is 0. The van der Waals surface area contributed by atoms with Gasteiger partial charge in [-0.2, -0.15) is 12.6 Å². The van der Waals surface area contributed by atoms with Crippen molar-refractivity contribution in [2.45, 2.75) is 6.42 Å². The van der Waals surface area contributed by atoms with Gasteiger partial charge in [0.15, 0.2) is 0 Å². The molecule has 0 saturated carbocycles. The molecule has 0 bridgehead atoms. The summed E-state index contributed by atoms with van der Waals surface area (Å²) in [6.45, 7) is 0. The van der Waals surface area contributed by atoms with E-state index in [1.807, 2.05) is 12.2 Å². The maximum atomic E-state index is 12.9. The Morgan fingerprint density at radius 2 is 2.23 bits per heavy atom. The van der Waals surface area contributed by atoms with Crippen LogP contribution in [0.3, 0.4) is 0 Å². The van der Waals surface area contributed by atoms with Gasteiger partial charge in [0, 0.05) is 0 Å². The van der Waals surface area contributed by atoms with Crippen LogP contribution < -0.4 is 5.73 Å². The summed E-state index contributed by atoms with van der Waals surface area (Å²) in [5, 5.41) is 0. The van der Waals surface area contributed by atoms with Crippen molar-refractivity contribution in [1.82, 2.24) is 0 Å². The van der Waals surface area contributed by atoms with Gasteiger partial charge in [-0.25, -0.2) is 4.39 Å². The Morgan fingerprint density at radius 1 is 1.46 bits per heavy atom. The quantitative estimate of drug-likeness (QED) is 0.565. The van der Waals surface area contributed by atoms with E-state index in [0.717, 1.165) is 17.7 Å². The van der Waals surface area contributed by atoms with Crippen LogP contribution in [0.1, 0.15) is 12.0 Å². The van der Waals surface area contributed by atoms with Crippen LogP contribution in [0.5, 0.6) is 0 Å². The highest BCUT2D eigenvalue weighted by Gasteiger charge is 1.96. The van der Waals surface area contributed by atoms with E-state index >= 15 is 0 Å². The highest BCUT2D eigenvalue weighted by Crippen LogP contribution is 2.13. The molecule has 1 aromatic carbocycles. The number of hydrogen-bond acceptors (Lipinski definition) is 2. The Hall–Kier alpha value is -0.960. The number of nitrogens with two attached hydrogens (primary N) is 1. The van der Waals surface area contributed by atoms with Crippen LogP contribution in [-0.2, 0) is 0 Å². The minimum absolute atomic E-state index is 0.186. The van der Waals surface area contributed by atoms with Gasteiger partial charge in [0.1, 0.15) is 5.82 Å². The minimum atomic E-state index is -0.368. The van der Waals surface area contributed by atoms with Gasteiger partial charge in [-0.15, -0.1) is 0 Å².